The van der Waals surface area contributed by atoms with Crippen LogP contribution in [0.3, 0.4) is 0 Å². The fourth-order valence-electron chi connectivity index (χ4n) is 1.22. The minimum atomic E-state index is -6.74. The van der Waals surface area contributed by atoms with Crippen molar-refractivity contribution < 1.29 is 52.3 Å². The Balaban J connectivity index is 5.41. The van der Waals surface area contributed by atoms with E-state index in [0.717, 1.165) is 0 Å². The summed E-state index contributed by atoms with van der Waals surface area (Å²) >= 11 is 0. The van der Waals surface area contributed by atoms with Crippen LogP contribution in [0.1, 0.15) is 12.8 Å². The minimum Gasteiger partial charge on any atom is -0.227 e. The van der Waals surface area contributed by atoms with Gasteiger partial charge in [0, 0.05) is 6.42 Å². The van der Waals surface area contributed by atoms with Crippen LogP contribution in [0.4, 0.5) is 43.9 Å². The summed E-state index contributed by atoms with van der Waals surface area (Å²) in [6, 6.07) is 0.522. The molecule has 0 radical (unpaired) electrons. The Bertz CT molecular complexity index is 556. The quantitative estimate of drug-likeness (QED) is 0.660. The monoisotopic (exact) mass is 383 g/mol. The molecule has 0 aliphatic heterocycles. The molecule has 0 aromatic heterocycles. The molecule has 0 saturated heterocycles. The van der Waals surface area contributed by atoms with Gasteiger partial charge in [0.2, 0.25) is 0 Å². The highest BCUT2D eigenvalue weighted by atomic mass is 32.2. The third-order valence-electron chi connectivity index (χ3n) is 2.50. The van der Waals surface area contributed by atoms with E-state index in [1.807, 2.05) is 0 Å². The number of nitrogens with zero attached hydrogens (tertiary/aromatic N) is 1. The molecule has 0 aromatic rings. The Hall–Kier alpha value is -1.26. The predicted molar refractivity (Wildman–Crippen MR) is 54.4 cm³/mol. The van der Waals surface area contributed by atoms with Crippen molar-refractivity contribution >= 4 is 9.84 Å². The molecule has 0 spiro atoms. The number of nitriles is 1. The zero-order chi connectivity index (χ0) is 18.9. The van der Waals surface area contributed by atoms with Gasteiger partial charge in [-0.3, -0.25) is 0 Å². The molecule has 136 valence electrons. The maximum Gasteiger partial charge on any atom is 0.459 e. The highest BCUT2D eigenvalue weighted by Crippen LogP contribution is 2.48. The summed E-state index contributed by atoms with van der Waals surface area (Å²) < 4.78 is 145. The lowest BCUT2D eigenvalue weighted by Gasteiger charge is -2.29. The van der Waals surface area contributed by atoms with Crippen LogP contribution in [0.5, 0.6) is 0 Å². The summed E-state index contributed by atoms with van der Waals surface area (Å²) in [5.74, 6) is -14.6. The summed E-state index contributed by atoms with van der Waals surface area (Å²) in [6.07, 6.45) is -16.7. The molecule has 0 heterocycles. The molecule has 0 amide bonds. The Morgan fingerprint density at radius 2 is 1.35 bits per heavy atom. The van der Waals surface area contributed by atoms with Crippen molar-refractivity contribution in [2.75, 3.05) is 5.75 Å². The molecule has 0 aromatic carbocycles. The normalized spacial score (nSPS) is 16.0. The van der Waals surface area contributed by atoms with Crippen molar-refractivity contribution in [1.82, 2.24) is 0 Å². The first-order valence-corrected chi connectivity index (χ1v) is 7.09. The molecular weight excluding hydrogens is 376 g/mol. The molecule has 14 heteroatoms. The molecule has 0 N–H and O–H groups in total. The van der Waals surface area contributed by atoms with Gasteiger partial charge in [0.05, 0.1) is 18.2 Å². The maximum absolute atomic E-state index is 13.0. The zero-order valence-electron chi connectivity index (χ0n) is 10.7. The van der Waals surface area contributed by atoms with E-state index in [1.54, 1.807) is 0 Å². The van der Waals surface area contributed by atoms with Crippen molar-refractivity contribution in [3.63, 3.8) is 0 Å². The third-order valence-corrected chi connectivity index (χ3v) is 4.42. The van der Waals surface area contributed by atoms with E-state index < -0.39 is 57.9 Å². The van der Waals surface area contributed by atoms with E-state index in [0.29, 0.717) is 6.07 Å². The molecule has 1 unspecified atom stereocenters. The van der Waals surface area contributed by atoms with E-state index in [2.05, 4.69) is 0 Å². The number of sulfone groups is 1. The van der Waals surface area contributed by atoms with Crippen molar-refractivity contribution in [2.24, 2.45) is 0 Å². The summed E-state index contributed by atoms with van der Waals surface area (Å²) in [5, 5.41) is 5.19. The standard InChI is InChI=1S/C9H7F10NO2S/c10-6(11,8(15,16)9(17,18)19)3-5(4-20)23(21,22)2-1-7(12,13)14/h5H,1-3H2. The van der Waals surface area contributed by atoms with Gasteiger partial charge in [-0.1, -0.05) is 0 Å². The topological polar surface area (TPSA) is 57.9 Å². The molecule has 0 aliphatic carbocycles. The van der Waals surface area contributed by atoms with Gasteiger partial charge in [-0.15, -0.1) is 0 Å². The molecular formula is C9H7F10NO2S. The van der Waals surface area contributed by atoms with E-state index in [4.69, 9.17) is 5.26 Å². The molecule has 23 heavy (non-hydrogen) atoms. The van der Waals surface area contributed by atoms with Gasteiger partial charge in [-0.25, -0.2) is 8.42 Å². The van der Waals surface area contributed by atoms with Crippen LogP contribution < -0.4 is 0 Å². The molecule has 0 fully saturated rings. The van der Waals surface area contributed by atoms with Gasteiger partial charge in [-0.05, 0) is 0 Å². The molecule has 1 atom stereocenters. The van der Waals surface area contributed by atoms with Crippen LogP contribution in [-0.4, -0.2) is 43.6 Å². The van der Waals surface area contributed by atoms with Crippen molar-refractivity contribution in [3.8, 4) is 6.07 Å². The number of rotatable bonds is 6. The molecule has 3 nitrogen and oxygen atoms in total. The molecule has 0 aliphatic rings. The lowest BCUT2D eigenvalue weighted by Crippen LogP contribution is -2.53. The largest absolute Gasteiger partial charge is 0.459 e. The van der Waals surface area contributed by atoms with Crippen molar-refractivity contribution in [1.29, 1.82) is 5.26 Å². The smallest absolute Gasteiger partial charge is 0.227 e. The van der Waals surface area contributed by atoms with Gasteiger partial charge in [0.15, 0.2) is 15.1 Å². The van der Waals surface area contributed by atoms with Crippen LogP contribution in [0, 0.1) is 11.3 Å². The fraction of sp³-hybridized carbons (Fsp3) is 0.889. The molecule has 0 bridgehead atoms. The van der Waals surface area contributed by atoms with Crippen LogP contribution in [0.25, 0.3) is 0 Å². The maximum atomic E-state index is 13.0. The highest BCUT2D eigenvalue weighted by molar-refractivity contribution is 7.92. The molecule has 0 rings (SSSR count). The SMILES string of the molecule is N#CC(CC(F)(F)C(F)(F)C(F)(F)F)S(=O)(=O)CCC(F)(F)F. The third kappa shape index (κ3) is 5.40. The van der Waals surface area contributed by atoms with E-state index in [9.17, 15) is 52.3 Å². The second kappa shape index (κ2) is 6.33. The predicted octanol–water partition coefficient (Wildman–Crippen LogP) is 3.47. The summed E-state index contributed by atoms with van der Waals surface area (Å²) in [6.45, 7) is 0. The Morgan fingerprint density at radius 3 is 1.65 bits per heavy atom. The van der Waals surface area contributed by atoms with E-state index >= 15 is 0 Å². The zero-order valence-corrected chi connectivity index (χ0v) is 11.5. The van der Waals surface area contributed by atoms with E-state index in [1.165, 1.54) is 0 Å². The summed E-state index contributed by atoms with van der Waals surface area (Å²) in [4.78, 5) is 0. The van der Waals surface area contributed by atoms with Gasteiger partial charge in [-0.2, -0.15) is 49.2 Å². The number of hydrogen-bond donors (Lipinski definition) is 0. The van der Waals surface area contributed by atoms with Gasteiger partial charge >= 0.3 is 24.2 Å². The second-order valence-electron chi connectivity index (χ2n) is 4.33. The Morgan fingerprint density at radius 1 is 0.913 bits per heavy atom. The first kappa shape index (κ1) is 21.7. The van der Waals surface area contributed by atoms with Crippen LogP contribution >= 0.6 is 0 Å². The van der Waals surface area contributed by atoms with Crippen LogP contribution in [0.15, 0.2) is 0 Å². The van der Waals surface area contributed by atoms with Crippen molar-refractivity contribution in [3.05, 3.63) is 0 Å². The van der Waals surface area contributed by atoms with Gasteiger partial charge < -0.3 is 0 Å². The Labute approximate surface area is 122 Å². The lowest BCUT2D eigenvalue weighted by atomic mass is 10.1. The van der Waals surface area contributed by atoms with Gasteiger partial charge in [0.1, 0.15) is 0 Å². The summed E-state index contributed by atoms with van der Waals surface area (Å²) in [7, 11) is -5.31. The lowest BCUT2D eigenvalue weighted by molar-refractivity contribution is -0.355. The first-order chi connectivity index (χ1) is 9.87. The average Bonchev–Trinajstić information content (AvgIpc) is 2.31. The van der Waals surface area contributed by atoms with Gasteiger partial charge in [0.25, 0.3) is 0 Å². The highest BCUT2D eigenvalue weighted by Gasteiger charge is 2.73. The summed E-state index contributed by atoms with van der Waals surface area (Å²) in [5.41, 5.74) is 0. The number of halogens is 10. The minimum absolute atomic E-state index is 0.522. The van der Waals surface area contributed by atoms with Crippen LogP contribution in [0.2, 0.25) is 0 Å². The second-order valence-corrected chi connectivity index (χ2v) is 6.63. The molecule has 0 saturated carbocycles. The number of alkyl halides is 10. The van der Waals surface area contributed by atoms with Crippen molar-refractivity contribution in [2.45, 2.75) is 42.3 Å². The average molecular weight is 383 g/mol. The van der Waals surface area contributed by atoms with Crippen LogP contribution in [-0.2, 0) is 9.84 Å². The number of hydrogen-bond acceptors (Lipinski definition) is 3. The Kier molecular flexibility index (Phi) is 5.98. The fourth-order valence-corrected chi connectivity index (χ4v) is 2.65. The van der Waals surface area contributed by atoms with E-state index in [-0.39, 0.29) is 0 Å². The first-order valence-electron chi connectivity index (χ1n) is 5.38.